The van der Waals surface area contributed by atoms with Crippen LogP contribution in [-0.2, 0) is 27.2 Å². The van der Waals surface area contributed by atoms with Crippen molar-refractivity contribution in [2.45, 2.75) is 64.8 Å². The van der Waals surface area contributed by atoms with Gasteiger partial charge in [0.1, 0.15) is 12.4 Å². The summed E-state index contributed by atoms with van der Waals surface area (Å²) < 4.78 is 16.0. The molecule has 0 atom stereocenters. The van der Waals surface area contributed by atoms with Gasteiger partial charge in [-0.2, -0.15) is 9.97 Å². The van der Waals surface area contributed by atoms with Crippen molar-refractivity contribution < 1.29 is 19.0 Å². The Hall–Kier alpha value is -3.32. The molecule has 0 unspecified atom stereocenters. The number of anilines is 2. The zero-order valence-corrected chi connectivity index (χ0v) is 29.3. The largest absolute Gasteiger partial charge is 0.469 e. The smallest absolute Gasteiger partial charge is 0.320 e. The van der Waals surface area contributed by atoms with E-state index in [0.717, 1.165) is 83.6 Å². The molecule has 2 N–H and O–H groups in total. The van der Waals surface area contributed by atoms with Crippen LogP contribution in [0.5, 0.6) is 6.01 Å². The lowest BCUT2D eigenvalue weighted by Gasteiger charge is -2.35. The van der Waals surface area contributed by atoms with E-state index in [0.29, 0.717) is 31.3 Å². The van der Waals surface area contributed by atoms with E-state index in [1.54, 1.807) is 7.11 Å². The first kappa shape index (κ1) is 38.1. The summed E-state index contributed by atoms with van der Waals surface area (Å²) >= 11 is 0. The number of hydrogen-bond acceptors (Lipinski definition) is 12. The maximum Gasteiger partial charge on any atom is 0.320 e. The number of aliphatic imine (C=N–C) groups is 1. The van der Waals surface area contributed by atoms with Crippen molar-refractivity contribution >= 4 is 30.0 Å². The fourth-order valence-corrected chi connectivity index (χ4v) is 5.76. The van der Waals surface area contributed by atoms with E-state index in [2.05, 4.69) is 62.5 Å². The van der Waals surface area contributed by atoms with Crippen LogP contribution in [0.15, 0.2) is 29.3 Å². The third kappa shape index (κ3) is 13.7. The number of hydrogen-bond donors (Lipinski definition) is 1. The van der Waals surface area contributed by atoms with Crippen molar-refractivity contribution in [1.29, 1.82) is 0 Å². The highest BCUT2D eigenvalue weighted by atomic mass is 16.5. The second-order valence-electron chi connectivity index (χ2n) is 12.4. The molecular formula is C35H58N8O4. The third-order valence-electron chi connectivity index (χ3n) is 8.53. The van der Waals surface area contributed by atoms with Gasteiger partial charge in [-0.1, -0.05) is 56.9 Å². The van der Waals surface area contributed by atoms with Crippen molar-refractivity contribution in [2.24, 2.45) is 4.99 Å². The number of ether oxygens (including phenoxy) is 3. The molecule has 3 rings (SSSR count). The zero-order valence-electron chi connectivity index (χ0n) is 29.3. The minimum absolute atomic E-state index is 0.203. The number of carbonyl (C=O) groups excluding carboxylic acids is 1. The molecule has 1 aliphatic heterocycles. The minimum atomic E-state index is -0.203. The van der Waals surface area contributed by atoms with Gasteiger partial charge in [0, 0.05) is 59.5 Å². The fourth-order valence-electron chi connectivity index (χ4n) is 5.76. The average Bonchev–Trinajstić information content (AvgIpc) is 3.07. The molecule has 0 saturated carbocycles. The van der Waals surface area contributed by atoms with Gasteiger partial charge in [0.25, 0.3) is 0 Å². The first-order valence-electron chi connectivity index (χ1n) is 17.2. The number of methoxy groups -OCH3 is 2. The molecule has 12 heteroatoms. The first-order valence-corrected chi connectivity index (χ1v) is 17.2. The van der Waals surface area contributed by atoms with Gasteiger partial charge in [-0.15, -0.1) is 0 Å². The summed E-state index contributed by atoms with van der Waals surface area (Å²) in [6.45, 7) is 16.1. The molecule has 1 aromatic carbocycles. The van der Waals surface area contributed by atoms with Crippen molar-refractivity contribution in [1.82, 2.24) is 24.7 Å². The SMILES string of the molecule is C=Nc1c(N)nc(OCCCC)nc1N(CCCCCCCN1CCN(CCN(C)Cc2cccc(CC(=O)OC)c2)CC1)COC. The Morgan fingerprint density at radius 2 is 1.68 bits per heavy atom. The summed E-state index contributed by atoms with van der Waals surface area (Å²) in [5, 5.41) is 0. The number of nitrogens with zero attached hydrogens (tertiary/aromatic N) is 7. The minimum Gasteiger partial charge on any atom is -0.469 e. The lowest BCUT2D eigenvalue weighted by molar-refractivity contribution is -0.139. The molecule has 262 valence electrons. The molecule has 1 fully saturated rings. The van der Waals surface area contributed by atoms with E-state index in [1.165, 1.54) is 38.5 Å². The Labute approximate surface area is 282 Å². The quantitative estimate of drug-likeness (QED) is 0.0795. The van der Waals surface area contributed by atoms with Gasteiger partial charge in [-0.05, 0) is 50.7 Å². The van der Waals surface area contributed by atoms with Crippen molar-refractivity contribution in [2.75, 3.05) is 97.6 Å². The molecule has 0 spiro atoms. The van der Waals surface area contributed by atoms with E-state index in [4.69, 9.17) is 19.9 Å². The van der Waals surface area contributed by atoms with Crippen LogP contribution in [0.2, 0.25) is 0 Å². The number of unbranched alkanes of at least 4 members (excludes halogenated alkanes) is 5. The Morgan fingerprint density at radius 1 is 0.979 bits per heavy atom. The second kappa shape index (κ2) is 21.5. The molecule has 1 aromatic heterocycles. The summed E-state index contributed by atoms with van der Waals surface area (Å²) in [5.41, 5.74) is 8.86. The van der Waals surface area contributed by atoms with Crippen LogP contribution < -0.4 is 15.4 Å². The van der Waals surface area contributed by atoms with Crippen LogP contribution in [0, 0.1) is 0 Å². The predicted octanol–water partition coefficient (Wildman–Crippen LogP) is 4.40. The Bertz CT molecular complexity index is 1210. The van der Waals surface area contributed by atoms with E-state index in [9.17, 15) is 4.79 Å². The molecule has 47 heavy (non-hydrogen) atoms. The number of nitrogen functional groups attached to an aromatic ring is 1. The number of carbonyl (C=O) groups is 1. The Kier molecular flexibility index (Phi) is 17.5. The number of benzene rings is 1. The maximum absolute atomic E-state index is 11.6. The number of likely N-dealkylation sites (N-methyl/N-ethyl adjacent to an activating group) is 1. The van der Waals surface area contributed by atoms with Crippen LogP contribution in [-0.4, -0.2) is 124 Å². The number of aromatic nitrogens is 2. The number of esters is 1. The van der Waals surface area contributed by atoms with Gasteiger partial charge >= 0.3 is 12.0 Å². The summed E-state index contributed by atoms with van der Waals surface area (Å²) in [4.78, 5) is 34.1. The van der Waals surface area contributed by atoms with Crippen molar-refractivity contribution in [3.8, 4) is 6.01 Å². The van der Waals surface area contributed by atoms with Crippen LogP contribution in [0.25, 0.3) is 0 Å². The zero-order chi connectivity index (χ0) is 33.9. The molecule has 2 heterocycles. The van der Waals surface area contributed by atoms with Crippen LogP contribution in [0.1, 0.15) is 63.0 Å². The van der Waals surface area contributed by atoms with Crippen LogP contribution in [0.3, 0.4) is 0 Å². The lowest BCUT2D eigenvalue weighted by Crippen LogP contribution is -2.48. The number of nitrogens with two attached hydrogens (primary N) is 1. The maximum atomic E-state index is 11.6. The van der Waals surface area contributed by atoms with Crippen molar-refractivity contribution in [3.63, 3.8) is 0 Å². The average molecular weight is 655 g/mol. The fraction of sp³-hybridized carbons (Fsp3) is 0.657. The number of piperazine rings is 1. The molecular weight excluding hydrogens is 596 g/mol. The van der Waals surface area contributed by atoms with Crippen LogP contribution >= 0.6 is 0 Å². The normalized spacial score (nSPS) is 14.0. The van der Waals surface area contributed by atoms with E-state index < -0.39 is 0 Å². The molecule has 0 aliphatic carbocycles. The van der Waals surface area contributed by atoms with Crippen molar-refractivity contribution in [3.05, 3.63) is 35.4 Å². The van der Waals surface area contributed by atoms with Gasteiger partial charge in [-0.3, -0.25) is 14.7 Å². The molecule has 0 radical (unpaired) electrons. The van der Waals surface area contributed by atoms with Gasteiger partial charge in [0.05, 0.1) is 20.1 Å². The topological polar surface area (TPSA) is 122 Å². The van der Waals surface area contributed by atoms with E-state index >= 15 is 0 Å². The van der Waals surface area contributed by atoms with E-state index in [-0.39, 0.29) is 17.8 Å². The highest BCUT2D eigenvalue weighted by Crippen LogP contribution is 2.33. The summed E-state index contributed by atoms with van der Waals surface area (Å²) in [6, 6.07) is 8.50. The first-order chi connectivity index (χ1) is 22.9. The van der Waals surface area contributed by atoms with Gasteiger partial charge in [-0.25, -0.2) is 0 Å². The summed E-state index contributed by atoms with van der Waals surface area (Å²) in [5.74, 6) is 0.668. The van der Waals surface area contributed by atoms with Gasteiger partial charge in [0.2, 0.25) is 0 Å². The molecule has 0 bridgehead atoms. The third-order valence-corrected chi connectivity index (χ3v) is 8.53. The summed E-state index contributed by atoms with van der Waals surface area (Å²) in [7, 11) is 5.27. The van der Waals surface area contributed by atoms with Gasteiger partial charge < -0.3 is 34.6 Å². The molecule has 2 aromatic rings. The highest BCUT2D eigenvalue weighted by molar-refractivity contribution is 5.75. The van der Waals surface area contributed by atoms with Gasteiger partial charge in [0.15, 0.2) is 11.6 Å². The second-order valence-corrected chi connectivity index (χ2v) is 12.4. The molecule has 12 nitrogen and oxygen atoms in total. The van der Waals surface area contributed by atoms with Crippen LogP contribution in [0.4, 0.5) is 17.3 Å². The van der Waals surface area contributed by atoms with E-state index in [1.807, 2.05) is 17.0 Å². The molecule has 0 amide bonds. The standard InChI is InChI=1S/C35H58N8O4/c1-6-7-24-47-35-38-33(36)32(37-2)34(39-35)43(28-45-4)17-12-10-8-9-11-16-41-20-22-42(23-21-41)19-18-40(3)27-30-15-13-14-29(25-30)26-31(44)46-5/h13-15,25H,2,6-12,16-24,26-28H2,1,3-5H3,(H2,36,38,39). The lowest BCUT2D eigenvalue weighted by atomic mass is 10.1. The highest BCUT2D eigenvalue weighted by Gasteiger charge is 2.19. The molecule has 1 saturated heterocycles. The number of rotatable bonds is 23. The monoisotopic (exact) mass is 654 g/mol. The predicted molar refractivity (Wildman–Crippen MR) is 190 cm³/mol. The Morgan fingerprint density at radius 3 is 2.38 bits per heavy atom. The summed E-state index contributed by atoms with van der Waals surface area (Å²) in [6.07, 6.45) is 8.07. The molecule has 1 aliphatic rings. The Balaban J connectivity index is 1.30.